The fourth-order valence-electron chi connectivity index (χ4n) is 1.28. The summed E-state index contributed by atoms with van der Waals surface area (Å²) in [5.41, 5.74) is 5.27. The second-order valence-corrected chi connectivity index (χ2v) is 6.68. The van der Waals surface area contributed by atoms with Crippen molar-refractivity contribution in [2.24, 2.45) is 11.1 Å². The molecule has 5 heteroatoms. The maximum atomic E-state index is 11.7. The van der Waals surface area contributed by atoms with Crippen molar-refractivity contribution in [1.29, 1.82) is 0 Å². The van der Waals surface area contributed by atoms with Crippen LogP contribution in [0.25, 0.3) is 0 Å². The highest BCUT2D eigenvalue weighted by atomic mass is 16.2. The van der Waals surface area contributed by atoms with Gasteiger partial charge in [0.1, 0.15) is 0 Å². The number of amides is 2. The Morgan fingerprint density at radius 2 is 1.61 bits per heavy atom. The van der Waals surface area contributed by atoms with E-state index < -0.39 is 6.04 Å². The van der Waals surface area contributed by atoms with Crippen molar-refractivity contribution < 1.29 is 9.59 Å². The molecular weight excluding hydrogens is 230 g/mol. The Kier molecular flexibility index (Phi) is 5.80. The Morgan fingerprint density at radius 3 is 2.00 bits per heavy atom. The Morgan fingerprint density at radius 1 is 1.11 bits per heavy atom. The van der Waals surface area contributed by atoms with Crippen molar-refractivity contribution in [3.8, 4) is 0 Å². The molecule has 0 aliphatic carbocycles. The summed E-state index contributed by atoms with van der Waals surface area (Å²) in [6, 6.07) is -0.567. The van der Waals surface area contributed by atoms with Gasteiger partial charge in [-0.25, -0.2) is 0 Å². The van der Waals surface area contributed by atoms with Crippen molar-refractivity contribution >= 4 is 11.8 Å². The highest BCUT2D eigenvalue weighted by Crippen LogP contribution is 2.16. The number of rotatable bonds is 4. The summed E-state index contributed by atoms with van der Waals surface area (Å²) in [7, 11) is 0. The Hall–Kier alpha value is -1.10. The lowest BCUT2D eigenvalue weighted by Gasteiger charge is -2.26. The zero-order chi connectivity index (χ0) is 14.6. The number of carbonyl (C=O) groups is 2. The van der Waals surface area contributed by atoms with Gasteiger partial charge < -0.3 is 16.4 Å². The molecule has 0 aliphatic rings. The number of nitrogens with two attached hydrogens (primary N) is 1. The van der Waals surface area contributed by atoms with E-state index in [1.807, 2.05) is 41.5 Å². The van der Waals surface area contributed by atoms with Gasteiger partial charge in [-0.05, 0) is 26.2 Å². The third-order valence-corrected chi connectivity index (χ3v) is 2.38. The quantitative estimate of drug-likeness (QED) is 0.696. The zero-order valence-electron chi connectivity index (χ0n) is 12.4. The van der Waals surface area contributed by atoms with Crippen LogP contribution in [0, 0.1) is 5.41 Å². The van der Waals surface area contributed by atoms with Gasteiger partial charge in [0.2, 0.25) is 11.8 Å². The molecule has 1 atom stereocenters. The first-order valence-corrected chi connectivity index (χ1v) is 6.28. The second kappa shape index (κ2) is 6.18. The van der Waals surface area contributed by atoms with E-state index in [1.165, 1.54) is 0 Å². The maximum Gasteiger partial charge on any atom is 0.237 e. The molecule has 0 saturated carbocycles. The van der Waals surface area contributed by atoms with Gasteiger partial charge in [0.15, 0.2) is 0 Å². The molecule has 2 amide bonds. The van der Waals surface area contributed by atoms with Gasteiger partial charge in [-0.1, -0.05) is 20.8 Å². The molecule has 0 heterocycles. The summed E-state index contributed by atoms with van der Waals surface area (Å²) >= 11 is 0. The van der Waals surface area contributed by atoms with E-state index in [0.29, 0.717) is 6.54 Å². The molecule has 106 valence electrons. The maximum absolute atomic E-state index is 11.7. The number of nitrogens with one attached hydrogen (secondary N) is 2. The van der Waals surface area contributed by atoms with Crippen LogP contribution in [-0.2, 0) is 9.59 Å². The van der Waals surface area contributed by atoms with Crippen molar-refractivity contribution in [1.82, 2.24) is 10.6 Å². The van der Waals surface area contributed by atoms with Crippen LogP contribution in [0.4, 0.5) is 0 Å². The van der Waals surface area contributed by atoms with Crippen LogP contribution in [0.3, 0.4) is 0 Å². The largest absolute Gasteiger partial charge is 0.354 e. The minimum Gasteiger partial charge on any atom is -0.354 e. The van der Waals surface area contributed by atoms with Crippen LogP contribution in [-0.4, -0.2) is 29.9 Å². The smallest absolute Gasteiger partial charge is 0.237 e. The predicted molar refractivity (Wildman–Crippen MR) is 73.0 cm³/mol. The van der Waals surface area contributed by atoms with Crippen LogP contribution in [0.2, 0.25) is 0 Å². The minimum atomic E-state index is -0.567. The average molecular weight is 257 g/mol. The Balaban J connectivity index is 3.99. The van der Waals surface area contributed by atoms with Gasteiger partial charge in [0.05, 0.1) is 6.04 Å². The van der Waals surface area contributed by atoms with E-state index in [9.17, 15) is 9.59 Å². The third-order valence-electron chi connectivity index (χ3n) is 2.38. The number of hydrogen-bond donors (Lipinski definition) is 3. The topological polar surface area (TPSA) is 84.2 Å². The van der Waals surface area contributed by atoms with Crippen molar-refractivity contribution in [2.75, 3.05) is 6.54 Å². The SMILES string of the molecule is CC(C)(C)NC(=O)CCNC(=O)[C@@H](N)C(C)(C)C. The summed E-state index contributed by atoms with van der Waals surface area (Å²) in [5, 5.41) is 5.51. The second-order valence-electron chi connectivity index (χ2n) is 6.68. The van der Waals surface area contributed by atoms with Gasteiger partial charge in [0, 0.05) is 18.5 Å². The van der Waals surface area contributed by atoms with Crippen molar-refractivity contribution in [3.05, 3.63) is 0 Å². The van der Waals surface area contributed by atoms with Crippen LogP contribution < -0.4 is 16.4 Å². The Bertz CT molecular complexity index is 300. The van der Waals surface area contributed by atoms with Crippen LogP contribution in [0.5, 0.6) is 0 Å². The highest BCUT2D eigenvalue weighted by Gasteiger charge is 2.27. The van der Waals surface area contributed by atoms with Crippen LogP contribution in [0.1, 0.15) is 48.0 Å². The van der Waals surface area contributed by atoms with Gasteiger partial charge in [-0.15, -0.1) is 0 Å². The molecule has 0 saturated heterocycles. The molecule has 0 rings (SSSR count). The summed E-state index contributed by atoms with van der Waals surface area (Å²) in [6.07, 6.45) is 0.264. The first-order chi connectivity index (χ1) is 7.93. The summed E-state index contributed by atoms with van der Waals surface area (Å²) in [6.45, 7) is 11.8. The number of hydrogen-bond acceptors (Lipinski definition) is 3. The predicted octanol–water partition coefficient (Wildman–Crippen LogP) is 0.781. The van der Waals surface area contributed by atoms with Crippen LogP contribution >= 0.6 is 0 Å². The fourth-order valence-corrected chi connectivity index (χ4v) is 1.28. The van der Waals surface area contributed by atoms with Gasteiger partial charge in [0.25, 0.3) is 0 Å². The van der Waals surface area contributed by atoms with Gasteiger partial charge >= 0.3 is 0 Å². The van der Waals surface area contributed by atoms with E-state index in [-0.39, 0.29) is 29.2 Å². The fraction of sp³-hybridized carbons (Fsp3) is 0.846. The molecule has 0 bridgehead atoms. The first kappa shape index (κ1) is 16.9. The van der Waals surface area contributed by atoms with E-state index in [2.05, 4.69) is 10.6 Å². The first-order valence-electron chi connectivity index (χ1n) is 6.28. The van der Waals surface area contributed by atoms with Crippen LogP contribution in [0.15, 0.2) is 0 Å². The molecule has 0 spiro atoms. The summed E-state index contributed by atoms with van der Waals surface area (Å²) in [4.78, 5) is 23.2. The molecule has 0 radical (unpaired) electrons. The molecule has 0 aromatic carbocycles. The van der Waals surface area contributed by atoms with Gasteiger partial charge in [-0.2, -0.15) is 0 Å². The summed E-state index contributed by atoms with van der Waals surface area (Å²) in [5.74, 6) is -0.293. The lowest BCUT2D eigenvalue weighted by molar-refractivity contribution is -0.125. The van der Waals surface area contributed by atoms with E-state index >= 15 is 0 Å². The molecule has 4 N–H and O–H groups in total. The van der Waals surface area contributed by atoms with E-state index in [4.69, 9.17) is 5.73 Å². The summed E-state index contributed by atoms with van der Waals surface area (Å²) < 4.78 is 0. The van der Waals surface area contributed by atoms with Crippen molar-refractivity contribution in [2.45, 2.75) is 59.5 Å². The molecule has 5 nitrogen and oxygen atoms in total. The average Bonchev–Trinajstić information content (AvgIpc) is 2.11. The lowest BCUT2D eigenvalue weighted by Crippen LogP contribution is -2.49. The highest BCUT2D eigenvalue weighted by molar-refractivity contribution is 5.83. The molecule has 0 fully saturated rings. The molecule has 0 aromatic rings. The Labute approximate surface area is 110 Å². The zero-order valence-corrected chi connectivity index (χ0v) is 12.4. The molecule has 0 unspecified atom stereocenters. The normalized spacial score (nSPS) is 13.9. The monoisotopic (exact) mass is 257 g/mol. The van der Waals surface area contributed by atoms with Gasteiger partial charge in [-0.3, -0.25) is 9.59 Å². The van der Waals surface area contributed by atoms with E-state index in [0.717, 1.165) is 0 Å². The molecule has 18 heavy (non-hydrogen) atoms. The molecule has 0 aliphatic heterocycles. The standard InChI is InChI=1S/C13H27N3O2/c1-12(2,3)10(14)11(18)15-8-7-9(17)16-13(4,5)6/h10H,7-8,14H2,1-6H3,(H,15,18)(H,16,17)/t10-/m1/s1. The number of carbonyl (C=O) groups excluding carboxylic acids is 2. The molecule has 0 aromatic heterocycles. The van der Waals surface area contributed by atoms with E-state index in [1.54, 1.807) is 0 Å². The lowest BCUT2D eigenvalue weighted by atomic mass is 9.87. The minimum absolute atomic E-state index is 0.0767. The molecular formula is C13H27N3O2. The third kappa shape index (κ3) is 7.27. The van der Waals surface area contributed by atoms with Crippen molar-refractivity contribution in [3.63, 3.8) is 0 Å².